The van der Waals surface area contributed by atoms with E-state index in [1.807, 2.05) is 51.4 Å². The predicted molar refractivity (Wildman–Crippen MR) is 125 cm³/mol. The van der Waals surface area contributed by atoms with E-state index in [9.17, 15) is 4.79 Å². The minimum atomic E-state index is -0.337. The lowest BCUT2D eigenvalue weighted by Crippen LogP contribution is -2.32. The summed E-state index contributed by atoms with van der Waals surface area (Å²) in [5.74, 6) is 0.850. The van der Waals surface area contributed by atoms with Crippen molar-refractivity contribution in [1.82, 2.24) is 5.32 Å². The van der Waals surface area contributed by atoms with Gasteiger partial charge in [0.1, 0.15) is 6.04 Å². The average Bonchev–Trinajstić information content (AvgIpc) is 2.72. The van der Waals surface area contributed by atoms with Crippen molar-refractivity contribution < 1.29 is 4.79 Å². The summed E-state index contributed by atoms with van der Waals surface area (Å²) >= 11 is 1.69. The summed E-state index contributed by atoms with van der Waals surface area (Å²) in [6.07, 6.45) is 1.07. The SMILES string of the molecule is CCCSC1=N[C@@H](c2ccc(N(C)C)cc2)C(C(=O)Nc2ccccc2)=C(C)N1. The molecule has 0 saturated heterocycles. The molecule has 0 spiro atoms. The molecule has 0 aliphatic carbocycles. The molecule has 0 unspecified atom stereocenters. The summed E-state index contributed by atoms with van der Waals surface area (Å²) in [5.41, 5.74) is 4.38. The number of anilines is 2. The minimum Gasteiger partial charge on any atom is -0.378 e. The smallest absolute Gasteiger partial charge is 0.255 e. The van der Waals surface area contributed by atoms with Gasteiger partial charge < -0.3 is 15.5 Å². The van der Waals surface area contributed by atoms with Gasteiger partial charge in [-0.25, -0.2) is 4.99 Å². The zero-order valence-electron chi connectivity index (χ0n) is 17.4. The summed E-state index contributed by atoms with van der Waals surface area (Å²) in [6.45, 7) is 4.09. The van der Waals surface area contributed by atoms with Gasteiger partial charge in [0.05, 0.1) is 5.57 Å². The second-order valence-corrected chi connectivity index (χ2v) is 8.24. The van der Waals surface area contributed by atoms with E-state index in [-0.39, 0.29) is 11.9 Å². The van der Waals surface area contributed by atoms with Gasteiger partial charge in [-0.05, 0) is 43.2 Å². The first-order valence-electron chi connectivity index (χ1n) is 9.81. The van der Waals surface area contributed by atoms with Crippen LogP contribution in [0.2, 0.25) is 0 Å². The first kappa shape index (κ1) is 21.0. The molecule has 152 valence electrons. The van der Waals surface area contributed by atoms with E-state index in [1.165, 1.54) is 0 Å². The van der Waals surface area contributed by atoms with E-state index in [1.54, 1.807) is 11.8 Å². The van der Waals surface area contributed by atoms with Crippen LogP contribution >= 0.6 is 11.8 Å². The first-order chi connectivity index (χ1) is 14.0. The van der Waals surface area contributed by atoms with Crippen LogP contribution in [0.15, 0.2) is 70.9 Å². The number of amides is 1. The Kier molecular flexibility index (Phi) is 6.99. The van der Waals surface area contributed by atoms with Gasteiger partial charge >= 0.3 is 0 Å². The second kappa shape index (κ2) is 9.65. The number of carbonyl (C=O) groups is 1. The number of benzene rings is 2. The lowest BCUT2D eigenvalue weighted by atomic mass is 9.95. The maximum Gasteiger partial charge on any atom is 0.255 e. The Hall–Kier alpha value is -2.73. The number of carbonyl (C=O) groups excluding carboxylic acids is 1. The largest absolute Gasteiger partial charge is 0.378 e. The zero-order valence-corrected chi connectivity index (χ0v) is 18.2. The molecule has 0 bridgehead atoms. The average molecular weight is 409 g/mol. The molecule has 1 amide bonds. The Bertz CT molecular complexity index is 904. The summed E-state index contributed by atoms with van der Waals surface area (Å²) in [4.78, 5) is 20.1. The number of para-hydroxylation sites is 1. The highest BCUT2D eigenvalue weighted by Crippen LogP contribution is 2.33. The Morgan fingerprint density at radius 2 is 1.83 bits per heavy atom. The fourth-order valence-corrected chi connectivity index (χ4v) is 3.93. The van der Waals surface area contributed by atoms with Gasteiger partial charge in [0.2, 0.25) is 0 Å². The molecular formula is C23H28N4OS. The highest BCUT2D eigenvalue weighted by atomic mass is 32.2. The maximum atomic E-state index is 13.2. The molecule has 2 aromatic rings. The van der Waals surface area contributed by atoms with Gasteiger partial charge in [0.15, 0.2) is 5.17 Å². The van der Waals surface area contributed by atoms with Crippen molar-refractivity contribution in [2.75, 3.05) is 30.1 Å². The van der Waals surface area contributed by atoms with E-state index >= 15 is 0 Å². The summed E-state index contributed by atoms with van der Waals surface area (Å²) < 4.78 is 0. The number of allylic oxidation sites excluding steroid dienone is 1. The summed E-state index contributed by atoms with van der Waals surface area (Å²) in [5, 5.41) is 7.19. The summed E-state index contributed by atoms with van der Waals surface area (Å²) in [6, 6.07) is 17.4. The number of aliphatic imine (C=N–C) groups is 1. The first-order valence-corrected chi connectivity index (χ1v) is 10.8. The number of hydrogen-bond acceptors (Lipinski definition) is 5. The summed E-state index contributed by atoms with van der Waals surface area (Å²) in [7, 11) is 4.03. The highest BCUT2D eigenvalue weighted by Gasteiger charge is 2.29. The molecule has 2 aromatic carbocycles. The number of nitrogens with one attached hydrogen (secondary N) is 2. The van der Waals surface area contributed by atoms with Crippen molar-refractivity contribution in [1.29, 1.82) is 0 Å². The molecule has 3 rings (SSSR count). The number of hydrogen-bond donors (Lipinski definition) is 2. The Labute approximate surface area is 177 Å². The molecule has 29 heavy (non-hydrogen) atoms. The molecular weight excluding hydrogens is 380 g/mol. The van der Waals surface area contributed by atoms with Gasteiger partial charge in [0.25, 0.3) is 5.91 Å². The van der Waals surface area contributed by atoms with Crippen LogP contribution < -0.4 is 15.5 Å². The van der Waals surface area contributed by atoms with Crippen LogP contribution in [0.1, 0.15) is 31.9 Å². The quantitative estimate of drug-likeness (QED) is 0.720. The molecule has 2 N–H and O–H groups in total. The van der Waals surface area contributed by atoms with Gasteiger partial charge in [-0.2, -0.15) is 0 Å². The van der Waals surface area contributed by atoms with Crippen LogP contribution in [0.4, 0.5) is 11.4 Å². The van der Waals surface area contributed by atoms with Crippen molar-refractivity contribution in [3.63, 3.8) is 0 Å². The standard InChI is InChI=1S/C23H28N4OS/c1-5-15-29-23-24-16(2)20(22(28)25-18-9-7-6-8-10-18)21(26-23)17-11-13-19(14-12-17)27(3)4/h6-14,21H,5,15H2,1-4H3,(H,24,26)(H,25,28)/t21-/m0/s1. The van der Waals surface area contributed by atoms with E-state index in [0.29, 0.717) is 5.57 Å². The van der Waals surface area contributed by atoms with Crippen molar-refractivity contribution in [2.24, 2.45) is 4.99 Å². The lowest BCUT2D eigenvalue weighted by Gasteiger charge is -2.26. The third kappa shape index (κ3) is 5.21. The Morgan fingerprint density at radius 1 is 1.14 bits per heavy atom. The number of rotatable bonds is 6. The molecule has 0 saturated carbocycles. The third-order valence-corrected chi connectivity index (χ3v) is 5.76. The van der Waals surface area contributed by atoms with E-state index < -0.39 is 0 Å². The minimum absolute atomic E-state index is 0.133. The lowest BCUT2D eigenvalue weighted by molar-refractivity contribution is -0.113. The van der Waals surface area contributed by atoms with E-state index in [2.05, 4.69) is 46.7 Å². The predicted octanol–water partition coefficient (Wildman–Crippen LogP) is 4.81. The molecule has 0 fully saturated rings. The van der Waals surface area contributed by atoms with Crippen molar-refractivity contribution in [2.45, 2.75) is 26.3 Å². The van der Waals surface area contributed by atoms with Crippen molar-refractivity contribution >= 4 is 34.2 Å². The van der Waals surface area contributed by atoms with Crippen molar-refractivity contribution in [3.05, 3.63) is 71.4 Å². The topological polar surface area (TPSA) is 56.7 Å². The molecule has 0 radical (unpaired) electrons. The van der Waals surface area contributed by atoms with Crippen LogP contribution in [0.25, 0.3) is 0 Å². The van der Waals surface area contributed by atoms with Crippen LogP contribution in [0.5, 0.6) is 0 Å². The molecule has 1 aliphatic rings. The second-order valence-electron chi connectivity index (χ2n) is 7.16. The fraction of sp³-hybridized carbons (Fsp3) is 0.304. The van der Waals surface area contributed by atoms with E-state index in [0.717, 1.165) is 40.0 Å². The van der Waals surface area contributed by atoms with Crippen LogP contribution in [-0.2, 0) is 4.79 Å². The molecule has 5 nitrogen and oxygen atoms in total. The van der Waals surface area contributed by atoms with Crippen LogP contribution in [0.3, 0.4) is 0 Å². The highest BCUT2D eigenvalue weighted by molar-refractivity contribution is 8.13. The number of nitrogens with zero attached hydrogens (tertiary/aromatic N) is 2. The molecule has 1 heterocycles. The van der Waals surface area contributed by atoms with Gasteiger partial charge in [-0.1, -0.05) is 49.0 Å². The van der Waals surface area contributed by atoms with Crippen molar-refractivity contribution in [3.8, 4) is 0 Å². The molecule has 1 aliphatic heterocycles. The Balaban J connectivity index is 1.94. The molecule has 1 atom stereocenters. The number of amidine groups is 1. The van der Waals surface area contributed by atoms with Crippen LogP contribution in [0, 0.1) is 0 Å². The van der Waals surface area contributed by atoms with Gasteiger partial charge in [-0.15, -0.1) is 0 Å². The third-order valence-electron chi connectivity index (χ3n) is 4.66. The van der Waals surface area contributed by atoms with E-state index in [4.69, 9.17) is 4.99 Å². The monoisotopic (exact) mass is 408 g/mol. The van der Waals surface area contributed by atoms with Crippen LogP contribution in [-0.4, -0.2) is 30.9 Å². The number of thioether (sulfide) groups is 1. The van der Waals surface area contributed by atoms with Gasteiger partial charge in [-0.3, -0.25) is 4.79 Å². The molecule has 6 heteroatoms. The fourth-order valence-electron chi connectivity index (χ4n) is 3.13. The Morgan fingerprint density at radius 3 is 2.45 bits per heavy atom. The van der Waals surface area contributed by atoms with Gasteiger partial charge in [0, 0.05) is 36.9 Å². The maximum absolute atomic E-state index is 13.2. The molecule has 0 aromatic heterocycles. The zero-order chi connectivity index (χ0) is 20.8. The normalized spacial score (nSPS) is 16.1.